The molecule has 0 bridgehead atoms. The number of carbonyl (C=O) groups is 2. The van der Waals surface area contributed by atoms with Gasteiger partial charge in [0.2, 0.25) is 0 Å². The molecule has 1 rings (SSSR count). The molecule has 6 heteroatoms. The van der Waals surface area contributed by atoms with E-state index >= 15 is 0 Å². The van der Waals surface area contributed by atoms with Crippen LogP contribution in [0.2, 0.25) is 0 Å². The quantitative estimate of drug-likeness (QED) is 0.305. The van der Waals surface area contributed by atoms with Gasteiger partial charge in [-0.2, -0.15) is 0 Å². The third-order valence-electron chi connectivity index (χ3n) is 4.03. The van der Waals surface area contributed by atoms with Crippen molar-refractivity contribution in [3.05, 3.63) is 29.8 Å². The van der Waals surface area contributed by atoms with Gasteiger partial charge in [0.25, 0.3) is 0 Å². The molecule has 1 aromatic carbocycles. The van der Waals surface area contributed by atoms with Crippen molar-refractivity contribution in [1.29, 1.82) is 0 Å². The van der Waals surface area contributed by atoms with Gasteiger partial charge in [-0.05, 0) is 72.1 Å². The van der Waals surface area contributed by atoms with Gasteiger partial charge < -0.3 is 18.9 Å². The standard InChI is InChI=1S/C25H40O6/c1-24(2,3)30-22-13-10-20(11-14-22)9-12-21(26)8-7-16-28-18-19-29-17-15-23(27)31-25(4,5)6/h10-11,13-14H,7-9,12,15-19H2,1-6H3. The molecule has 31 heavy (non-hydrogen) atoms. The van der Waals surface area contributed by atoms with E-state index in [9.17, 15) is 9.59 Å². The van der Waals surface area contributed by atoms with Crippen LogP contribution in [0.1, 0.15) is 72.8 Å². The normalized spacial score (nSPS) is 11.9. The topological polar surface area (TPSA) is 71.1 Å². The maximum atomic E-state index is 12.1. The number of aryl methyl sites for hydroxylation is 1. The highest BCUT2D eigenvalue weighted by Crippen LogP contribution is 2.19. The van der Waals surface area contributed by atoms with E-state index in [1.54, 1.807) is 0 Å². The van der Waals surface area contributed by atoms with E-state index in [2.05, 4.69) is 0 Å². The second-order valence-corrected chi connectivity index (χ2v) is 9.56. The van der Waals surface area contributed by atoms with Gasteiger partial charge in [-0.25, -0.2) is 0 Å². The van der Waals surface area contributed by atoms with Gasteiger partial charge in [0.05, 0.1) is 26.2 Å². The molecule has 0 saturated carbocycles. The molecule has 0 heterocycles. The molecular formula is C25H40O6. The van der Waals surface area contributed by atoms with Crippen LogP contribution in [0.4, 0.5) is 0 Å². The second-order valence-electron chi connectivity index (χ2n) is 9.56. The first-order valence-corrected chi connectivity index (χ1v) is 11.1. The Bertz CT molecular complexity index is 652. The van der Waals surface area contributed by atoms with Gasteiger partial charge in [-0.1, -0.05) is 12.1 Å². The number of ether oxygens (including phenoxy) is 4. The van der Waals surface area contributed by atoms with Gasteiger partial charge in [-0.15, -0.1) is 0 Å². The van der Waals surface area contributed by atoms with E-state index in [1.165, 1.54) is 0 Å². The Hall–Kier alpha value is -1.92. The zero-order valence-corrected chi connectivity index (χ0v) is 20.1. The smallest absolute Gasteiger partial charge is 0.308 e. The van der Waals surface area contributed by atoms with Crippen LogP contribution < -0.4 is 4.74 Å². The maximum Gasteiger partial charge on any atom is 0.308 e. The molecule has 0 aliphatic rings. The molecule has 0 atom stereocenters. The molecule has 0 spiro atoms. The maximum absolute atomic E-state index is 12.1. The van der Waals surface area contributed by atoms with E-state index in [-0.39, 0.29) is 23.8 Å². The highest BCUT2D eigenvalue weighted by molar-refractivity contribution is 5.78. The highest BCUT2D eigenvalue weighted by atomic mass is 16.6. The van der Waals surface area contributed by atoms with Crippen molar-refractivity contribution < 1.29 is 28.5 Å². The Morgan fingerprint density at radius 1 is 0.742 bits per heavy atom. The number of rotatable bonds is 14. The fourth-order valence-corrected chi connectivity index (χ4v) is 2.73. The summed E-state index contributed by atoms with van der Waals surface area (Å²) < 4.78 is 21.9. The lowest BCUT2D eigenvalue weighted by molar-refractivity contribution is -0.156. The van der Waals surface area contributed by atoms with Crippen LogP contribution in [0.3, 0.4) is 0 Å². The molecule has 176 valence electrons. The van der Waals surface area contributed by atoms with E-state index in [4.69, 9.17) is 18.9 Å². The Morgan fingerprint density at radius 3 is 1.94 bits per heavy atom. The Labute approximate surface area is 187 Å². The summed E-state index contributed by atoms with van der Waals surface area (Å²) >= 11 is 0. The lowest BCUT2D eigenvalue weighted by Gasteiger charge is -2.21. The van der Waals surface area contributed by atoms with Gasteiger partial charge in [-0.3, -0.25) is 9.59 Å². The molecule has 0 aliphatic heterocycles. The second kappa shape index (κ2) is 13.5. The molecule has 1 aromatic rings. The van der Waals surface area contributed by atoms with Crippen molar-refractivity contribution in [2.45, 2.75) is 84.8 Å². The third kappa shape index (κ3) is 15.5. The van der Waals surface area contributed by atoms with Crippen LogP contribution >= 0.6 is 0 Å². The molecule has 0 aromatic heterocycles. The molecule has 0 aliphatic carbocycles. The van der Waals surface area contributed by atoms with Gasteiger partial charge in [0.15, 0.2) is 0 Å². The van der Waals surface area contributed by atoms with E-state index in [1.807, 2.05) is 65.8 Å². The molecule has 6 nitrogen and oxygen atoms in total. The molecule has 0 fully saturated rings. The van der Waals surface area contributed by atoms with Crippen LogP contribution in [0.5, 0.6) is 5.75 Å². The van der Waals surface area contributed by atoms with E-state index < -0.39 is 5.60 Å². The van der Waals surface area contributed by atoms with Crippen LogP contribution in [-0.2, 0) is 30.2 Å². The average molecular weight is 437 g/mol. The van der Waals surface area contributed by atoms with E-state index in [0.29, 0.717) is 45.7 Å². The summed E-state index contributed by atoms with van der Waals surface area (Å²) in [6, 6.07) is 7.93. The Morgan fingerprint density at radius 2 is 1.35 bits per heavy atom. The number of carbonyl (C=O) groups excluding carboxylic acids is 2. The first-order chi connectivity index (χ1) is 14.4. The summed E-state index contributed by atoms with van der Waals surface area (Å²) in [5.74, 6) is 0.821. The minimum Gasteiger partial charge on any atom is -0.488 e. The Balaban J connectivity index is 2.02. The van der Waals surface area contributed by atoms with Crippen molar-refractivity contribution >= 4 is 11.8 Å². The summed E-state index contributed by atoms with van der Waals surface area (Å²) in [6.07, 6.45) is 2.73. The lowest BCUT2D eigenvalue weighted by atomic mass is 10.0. The van der Waals surface area contributed by atoms with Gasteiger partial charge >= 0.3 is 5.97 Å². The van der Waals surface area contributed by atoms with Crippen molar-refractivity contribution in [1.82, 2.24) is 0 Å². The fraction of sp³-hybridized carbons (Fsp3) is 0.680. The van der Waals surface area contributed by atoms with Crippen molar-refractivity contribution in [2.24, 2.45) is 0 Å². The predicted octanol–water partition coefficient (Wildman–Crippen LogP) is 4.91. The molecule has 0 unspecified atom stereocenters. The van der Waals surface area contributed by atoms with Crippen LogP contribution in [0.15, 0.2) is 24.3 Å². The zero-order valence-electron chi connectivity index (χ0n) is 20.1. The number of esters is 1. The van der Waals surface area contributed by atoms with Crippen LogP contribution in [0.25, 0.3) is 0 Å². The Kier molecular flexibility index (Phi) is 11.8. The SMILES string of the molecule is CC(C)(C)OC(=O)CCOCCOCCCC(=O)CCc1ccc(OC(C)(C)C)cc1. The molecule has 0 saturated heterocycles. The van der Waals surface area contributed by atoms with Crippen molar-refractivity contribution in [3.8, 4) is 5.75 Å². The van der Waals surface area contributed by atoms with E-state index in [0.717, 1.165) is 17.7 Å². The molecule has 0 N–H and O–H groups in total. The molecule has 0 amide bonds. The summed E-state index contributed by atoms with van der Waals surface area (Å²) in [5, 5.41) is 0. The summed E-state index contributed by atoms with van der Waals surface area (Å²) in [6.45, 7) is 13.3. The number of hydrogen-bond donors (Lipinski definition) is 0. The van der Waals surface area contributed by atoms with Crippen LogP contribution in [-0.4, -0.2) is 49.4 Å². The highest BCUT2D eigenvalue weighted by Gasteiger charge is 2.15. The summed E-state index contributed by atoms with van der Waals surface area (Å²) in [7, 11) is 0. The largest absolute Gasteiger partial charge is 0.488 e. The van der Waals surface area contributed by atoms with Crippen LogP contribution in [0, 0.1) is 0 Å². The number of benzene rings is 1. The number of Topliss-reactive ketones (excluding diaryl/α,β-unsaturated/α-hetero) is 1. The van der Waals surface area contributed by atoms with Crippen molar-refractivity contribution in [2.75, 3.05) is 26.4 Å². The molecular weight excluding hydrogens is 396 g/mol. The van der Waals surface area contributed by atoms with Gasteiger partial charge in [0.1, 0.15) is 22.7 Å². The third-order valence-corrected chi connectivity index (χ3v) is 4.03. The summed E-state index contributed by atoms with van der Waals surface area (Å²) in [5.41, 5.74) is 0.448. The predicted molar refractivity (Wildman–Crippen MR) is 121 cm³/mol. The zero-order chi connectivity index (χ0) is 23.3. The lowest BCUT2D eigenvalue weighted by Crippen LogP contribution is -2.24. The van der Waals surface area contributed by atoms with Crippen molar-refractivity contribution in [3.63, 3.8) is 0 Å². The van der Waals surface area contributed by atoms with Gasteiger partial charge in [0, 0.05) is 19.4 Å². The average Bonchev–Trinajstić information content (AvgIpc) is 2.63. The minimum atomic E-state index is -0.469. The number of ketones is 1. The summed E-state index contributed by atoms with van der Waals surface area (Å²) in [4.78, 5) is 23.6. The fourth-order valence-electron chi connectivity index (χ4n) is 2.73. The molecule has 0 radical (unpaired) electrons. The first kappa shape index (κ1) is 27.1. The number of hydrogen-bond acceptors (Lipinski definition) is 6. The first-order valence-electron chi connectivity index (χ1n) is 11.1. The monoisotopic (exact) mass is 436 g/mol. The minimum absolute atomic E-state index is 0.217.